The lowest BCUT2D eigenvalue weighted by atomic mass is 9.78. The highest BCUT2D eigenvalue weighted by Gasteiger charge is 2.34. The second-order valence-corrected chi connectivity index (χ2v) is 6.10. The topological polar surface area (TPSA) is 3.24 Å². The Bertz CT molecular complexity index is 445. The van der Waals surface area contributed by atoms with E-state index in [0.29, 0.717) is 17.5 Å². The Morgan fingerprint density at radius 1 is 1.15 bits per heavy atom. The Kier molecular flexibility index (Phi) is 4.43. The first kappa shape index (κ1) is 15.4. The van der Waals surface area contributed by atoms with Crippen molar-refractivity contribution in [3.05, 3.63) is 35.4 Å². The molecule has 1 saturated heterocycles. The summed E-state index contributed by atoms with van der Waals surface area (Å²) in [5.41, 5.74) is 0.254. The third-order valence-electron chi connectivity index (χ3n) is 4.63. The van der Waals surface area contributed by atoms with Crippen LogP contribution in [-0.2, 0) is 12.7 Å². The maximum absolute atomic E-state index is 13.0. The maximum Gasteiger partial charge on any atom is 0.416 e. The Hall–Kier alpha value is -1.03. The van der Waals surface area contributed by atoms with Crippen molar-refractivity contribution in [1.82, 2.24) is 4.90 Å². The molecule has 1 aromatic carbocycles. The van der Waals surface area contributed by atoms with Gasteiger partial charge in [0.15, 0.2) is 0 Å². The minimum Gasteiger partial charge on any atom is -0.299 e. The average Bonchev–Trinajstić information content (AvgIpc) is 2.41. The van der Waals surface area contributed by atoms with Crippen LogP contribution in [0.25, 0.3) is 0 Å². The predicted molar refractivity (Wildman–Crippen MR) is 74.4 cm³/mol. The van der Waals surface area contributed by atoms with E-state index >= 15 is 0 Å². The Balaban J connectivity index is 2.05. The summed E-state index contributed by atoms with van der Waals surface area (Å²) in [6, 6.07) is 5.91. The van der Waals surface area contributed by atoms with Crippen molar-refractivity contribution >= 4 is 0 Å². The van der Waals surface area contributed by atoms with Crippen LogP contribution in [0.2, 0.25) is 0 Å². The molecule has 0 saturated carbocycles. The number of hydrogen-bond donors (Lipinski definition) is 0. The number of rotatable bonds is 3. The first-order valence-electron chi connectivity index (χ1n) is 7.21. The zero-order chi connectivity index (χ0) is 14.8. The molecule has 0 aromatic heterocycles. The van der Waals surface area contributed by atoms with Crippen molar-refractivity contribution in [2.24, 2.45) is 5.41 Å². The van der Waals surface area contributed by atoms with Gasteiger partial charge in [-0.15, -0.1) is 0 Å². The van der Waals surface area contributed by atoms with Crippen LogP contribution in [0.15, 0.2) is 24.3 Å². The smallest absolute Gasteiger partial charge is 0.299 e. The molecule has 1 fully saturated rings. The zero-order valence-corrected chi connectivity index (χ0v) is 12.1. The van der Waals surface area contributed by atoms with Gasteiger partial charge in [0.25, 0.3) is 0 Å². The van der Waals surface area contributed by atoms with Crippen molar-refractivity contribution in [3.63, 3.8) is 0 Å². The van der Waals surface area contributed by atoms with Crippen molar-refractivity contribution in [3.8, 4) is 0 Å². The van der Waals surface area contributed by atoms with Crippen LogP contribution in [-0.4, -0.2) is 18.0 Å². The number of piperidine rings is 1. The summed E-state index contributed by atoms with van der Waals surface area (Å²) in [5, 5.41) is 0. The van der Waals surface area contributed by atoms with Gasteiger partial charge in [0.05, 0.1) is 5.56 Å². The lowest BCUT2D eigenvalue weighted by molar-refractivity contribution is -0.138. The predicted octanol–water partition coefficient (Wildman–Crippen LogP) is 4.72. The molecule has 0 N–H and O–H groups in total. The quantitative estimate of drug-likeness (QED) is 0.777. The first-order valence-corrected chi connectivity index (χ1v) is 7.21. The van der Waals surface area contributed by atoms with Gasteiger partial charge in [-0.2, -0.15) is 13.2 Å². The lowest BCUT2D eigenvalue weighted by Crippen LogP contribution is -2.38. The molecule has 1 aromatic rings. The molecule has 1 heterocycles. The van der Waals surface area contributed by atoms with Crippen molar-refractivity contribution in [1.29, 1.82) is 0 Å². The molecule has 2 rings (SSSR count). The van der Waals surface area contributed by atoms with E-state index in [0.717, 1.165) is 32.4 Å². The van der Waals surface area contributed by atoms with E-state index in [9.17, 15) is 13.2 Å². The second-order valence-electron chi connectivity index (χ2n) is 6.10. The lowest BCUT2D eigenvalue weighted by Gasteiger charge is -2.39. The molecule has 0 radical (unpaired) electrons. The molecule has 0 spiro atoms. The van der Waals surface area contributed by atoms with E-state index in [1.165, 1.54) is 12.1 Å². The summed E-state index contributed by atoms with van der Waals surface area (Å²) < 4.78 is 38.9. The molecule has 1 aliphatic rings. The van der Waals surface area contributed by atoms with E-state index in [1.807, 2.05) is 0 Å². The van der Waals surface area contributed by atoms with E-state index in [-0.39, 0.29) is 0 Å². The molecule has 1 nitrogen and oxygen atoms in total. The van der Waals surface area contributed by atoms with Gasteiger partial charge < -0.3 is 0 Å². The SMILES string of the molecule is CCC1(C)CCN(Cc2ccccc2C(F)(F)F)CC1. The maximum atomic E-state index is 13.0. The van der Waals surface area contributed by atoms with Crippen LogP contribution in [0, 0.1) is 5.41 Å². The first-order chi connectivity index (χ1) is 9.34. The third kappa shape index (κ3) is 3.54. The van der Waals surface area contributed by atoms with Gasteiger partial charge in [0.1, 0.15) is 0 Å². The summed E-state index contributed by atoms with van der Waals surface area (Å²) in [4.78, 5) is 2.14. The molecule has 4 heteroatoms. The summed E-state index contributed by atoms with van der Waals surface area (Å²) in [7, 11) is 0. The Morgan fingerprint density at radius 3 is 2.30 bits per heavy atom. The minimum atomic E-state index is -4.26. The van der Waals surface area contributed by atoms with Gasteiger partial charge in [0.2, 0.25) is 0 Å². The zero-order valence-electron chi connectivity index (χ0n) is 12.1. The number of alkyl halides is 3. The fourth-order valence-electron chi connectivity index (χ4n) is 2.78. The molecule has 1 aliphatic heterocycles. The minimum absolute atomic E-state index is 0.361. The number of benzene rings is 1. The fourth-order valence-corrected chi connectivity index (χ4v) is 2.78. The van der Waals surface area contributed by atoms with Gasteiger partial charge in [-0.25, -0.2) is 0 Å². The van der Waals surface area contributed by atoms with Gasteiger partial charge in [-0.05, 0) is 43.0 Å². The number of likely N-dealkylation sites (tertiary alicyclic amines) is 1. The normalized spacial score (nSPS) is 20.1. The van der Waals surface area contributed by atoms with Crippen LogP contribution in [0.4, 0.5) is 13.2 Å². The average molecular weight is 285 g/mol. The third-order valence-corrected chi connectivity index (χ3v) is 4.63. The molecule has 0 unspecified atom stereocenters. The number of halogens is 3. The van der Waals surface area contributed by atoms with Crippen LogP contribution in [0.5, 0.6) is 0 Å². The van der Waals surface area contributed by atoms with Crippen LogP contribution < -0.4 is 0 Å². The standard InChI is InChI=1S/C16H22F3N/c1-3-15(2)8-10-20(11-9-15)12-13-6-4-5-7-14(13)16(17,18)19/h4-7H,3,8-12H2,1-2H3. The van der Waals surface area contributed by atoms with Crippen molar-refractivity contribution < 1.29 is 13.2 Å². The van der Waals surface area contributed by atoms with Gasteiger partial charge in [-0.1, -0.05) is 38.5 Å². The summed E-state index contributed by atoms with van der Waals surface area (Å²) in [6.45, 7) is 6.63. The number of hydrogen-bond acceptors (Lipinski definition) is 1. The van der Waals surface area contributed by atoms with E-state index in [1.54, 1.807) is 12.1 Å². The van der Waals surface area contributed by atoms with Crippen LogP contribution in [0.1, 0.15) is 44.2 Å². The molecular weight excluding hydrogens is 263 g/mol. The molecule has 112 valence electrons. The summed E-state index contributed by atoms with van der Waals surface area (Å²) in [6.07, 6.45) is -0.986. The molecular formula is C16H22F3N. The summed E-state index contributed by atoms with van der Waals surface area (Å²) >= 11 is 0. The molecule has 0 bridgehead atoms. The van der Waals surface area contributed by atoms with E-state index < -0.39 is 11.7 Å². The Morgan fingerprint density at radius 2 is 1.75 bits per heavy atom. The molecule has 20 heavy (non-hydrogen) atoms. The molecule has 0 amide bonds. The Labute approximate surface area is 118 Å². The highest BCUT2D eigenvalue weighted by molar-refractivity contribution is 5.29. The van der Waals surface area contributed by atoms with Gasteiger partial charge in [0, 0.05) is 6.54 Å². The fraction of sp³-hybridized carbons (Fsp3) is 0.625. The number of nitrogens with zero attached hydrogens (tertiary/aromatic N) is 1. The monoisotopic (exact) mass is 285 g/mol. The van der Waals surface area contributed by atoms with Gasteiger partial charge >= 0.3 is 6.18 Å². The highest BCUT2D eigenvalue weighted by Crippen LogP contribution is 2.36. The van der Waals surface area contributed by atoms with Gasteiger partial charge in [-0.3, -0.25) is 4.90 Å². The second kappa shape index (κ2) is 5.76. The molecule has 0 aliphatic carbocycles. The largest absolute Gasteiger partial charge is 0.416 e. The highest BCUT2D eigenvalue weighted by atomic mass is 19.4. The summed E-state index contributed by atoms with van der Waals surface area (Å²) in [5.74, 6) is 0. The van der Waals surface area contributed by atoms with Crippen molar-refractivity contribution in [2.45, 2.75) is 45.8 Å². The van der Waals surface area contributed by atoms with Crippen LogP contribution >= 0.6 is 0 Å². The van der Waals surface area contributed by atoms with E-state index in [2.05, 4.69) is 18.7 Å². The van der Waals surface area contributed by atoms with Crippen LogP contribution in [0.3, 0.4) is 0 Å². The molecule has 0 atom stereocenters. The van der Waals surface area contributed by atoms with E-state index in [4.69, 9.17) is 0 Å². The van der Waals surface area contributed by atoms with Crippen molar-refractivity contribution in [2.75, 3.05) is 13.1 Å².